The Morgan fingerprint density at radius 3 is 2.33 bits per heavy atom. The molecule has 0 amide bonds. The Morgan fingerprint density at radius 1 is 1.83 bits per heavy atom. The molecule has 0 saturated heterocycles. The quantitative estimate of drug-likeness (QED) is 0.366. The zero-order valence-corrected chi connectivity index (χ0v) is 4.49. The SMILES string of the molecule is [B]CC(N)CS. The molecule has 0 rings (SSSR count). The van der Waals surface area contributed by atoms with Gasteiger partial charge in [-0.25, -0.2) is 0 Å². The molecule has 34 valence electrons. The van der Waals surface area contributed by atoms with Crippen LogP contribution in [0.2, 0.25) is 6.32 Å². The van der Waals surface area contributed by atoms with E-state index < -0.39 is 0 Å². The number of hydrogen-bond donors (Lipinski definition) is 2. The summed E-state index contributed by atoms with van der Waals surface area (Å²) in [5.41, 5.74) is 5.27. The molecule has 0 aromatic rings. The fourth-order valence-electron chi connectivity index (χ4n) is 0.0745. The average Bonchev–Trinajstić information content (AvgIpc) is 1.65. The fourth-order valence-corrected chi connectivity index (χ4v) is 0.224. The maximum Gasteiger partial charge on any atom is 0.0674 e. The van der Waals surface area contributed by atoms with Crippen molar-refractivity contribution in [3.05, 3.63) is 0 Å². The van der Waals surface area contributed by atoms with Gasteiger partial charge in [-0.1, -0.05) is 6.32 Å². The van der Waals surface area contributed by atoms with Gasteiger partial charge in [0.15, 0.2) is 0 Å². The van der Waals surface area contributed by atoms with Crippen LogP contribution in [0.1, 0.15) is 0 Å². The summed E-state index contributed by atoms with van der Waals surface area (Å²) in [5, 5.41) is 0. The molecular formula is C3H8BNS. The lowest BCUT2D eigenvalue weighted by molar-refractivity contribution is 0.848. The molecule has 1 atom stereocenters. The van der Waals surface area contributed by atoms with Crippen molar-refractivity contribution >= 4 is 20.5 Å². The van der Waals surface area contributed by atoms with Crippen molar-refractivity contribution in [1.82, 2.24) is 0 Å². The van der Waals surface area contributed by atoms with Crippen LogP contribution in [0.5, 0.6) is 0 Å². The van der Waals surface area contributed by atoms with Gasteiger partial charge in [-0.2, -0.15) is 12.6 Å². The minimum Gasteiger partial charge on any atom is -0.328 e. The first-order valence-corrected chi connectivity index (χ1v) is 2.51. The van der Waals surface area contributed by atoms with Gasteiger partial charge < -0.3 is 5.73 Å². The molecule has 0 bridgehead atoms. The Bertz CT molecular complexity index is 30.0. The van der Waals surface area contributed by atoms with E-state index in [-0.39, 0.29) is 6.04 Å². The number of rotatable bonds is 2. The van der Waals surface area contributed by atoms with Crippen LogP contribution < -0.4 is 5.73 Å². The van der Waals surface area contributed by atoms with Gasteiger partial charge in [0.25, 0.3) is 0 Å². The summed E-state index contributed by atoms with van der Waals surface area (Å²) in [7, 11) is 5.11. The highest BCUT2D eigenvalue weighted by Gasteiger charge is 1.89. The molecule has 0 aliphatic rings. The average molecular weight is 101 g/mol. The summed E-state index contributed by atoms with van der Waals surface area (Å²) in [6, 6.07) is 0.0772. The molecule has 2 radical (unpaired) electrons. The van der Waals surface area contributed by atoms with E-state index in [0.29, 0.717) is 12.1 Å². The number of nitrogens with two attached hydrogens (primary N) is 1. The van der Waals surface area contributed by atoms with Gasteiger partial charge in [0, 0.05) is 11.8 Å². The largest absolute Gasteiger partial charge is 0.328 e. The summed E-state index contributed by atoms with van der Waals surface area (Å²) >= 11 is 3.89. The lowest BCUT2D eigenvalue weighted by Gasteiger charge is -1.99. The van der Waals surface area contributed by atoms with Gasteiger partial charge in [0.05, 0.1) is 7.85 Å². The third-order valence-corrected chi connectivity index (χ3v) is 1.01. The standard InChI is InChI=1S/C3H8BNS/c4-1-3(5)2-6/h3,6H,1-2,5H2. The predicted octanol–water partition coefficient (Wildman–Crippen LogP) is -0.170. The molecule has 0 spiro atoms. The molecule has 0 aliphatic carbocycles. The number of hydrogen-bond acceptors (Lipinski definition) is 2. The maximum absolute atomic E-state index is 5.27. The first-order chi connectivity index (χ1) is 2.81. The van der Waals surface area contributed by atoms with Crippen LogP contribution in [-0.4, -0.2) is 19.6 Å². The van der Waals surface area contributed by atoms with Crippen LogP contribution in [0.3, 0.4) is 0 Å². The van der Waals surface area contributed by atoms with Gasteiger partial charge in [0.1, 0.15) is 0 Å². The van der Waals surface area contributed by atoms with Crippen molar-refractivity contribution in [3.8, 4) is 0 Å². The lowest BCUT2D eigenvalue weighted by atomic mass is 9.99. The van der Waals surface area contributed by atoms with Crippen molar-refractivity contribution in [1.29, 1.82) is 0 Å². The van der Waals surface area contributed by atoms with Crippen molar-refractivity contribution in [2.24, 2.45) is 5.73 Å². The van der Waals surface area contributed by atoms with Crippen LogP contribution in [0.15, 0.2) is 0 Å². The van der Waals surface area contributed by atoms with Gasteiger partial charge in [-0.3, -0.25) is 0 Å². The molecule has 1 nitrogen and oxygen atoms in total. The third kappa shape index (κ3) is 2.60. The Labute approximate surface area is 45.1 Å². The van der Waals surface area contributed by atoms with Crippen molar-refractivity contribution in [2.75, 3.05) is 5.75 Å². The van der Waals surface area contributed by atoms with E-state index in [1.807, 2.05) is 0 Å². The third-order valence-electron chi connectivity index (χ3n) is 0.537. The van der Waals surface area contributed by atoms with Gasteiger partial charge in [-0.05, 0) is 0 Å². The smallest absolute Gasteiger partial charge is 0.0674 e. The highest BCUT2D eigenvalue weighted by Crippen LogP contribution is 1.84. The van der Waals surface area contributed by atoms with Crippen molar-refractivity contribution < 1.29 is 0 Å². The lowest BCUT2D eigenvalue weighted by Crippen LogP contribution is -2.20. The van der Waals surface area contributed by atoms with Crippen LogP contribution >= 0.6 is 12.6 Å². The normalized spacial score (nSPS) is 14.3. The molecule has 6 heavy (non-hydrogen) atoms. The molecular weight excluding hydrogens is 92.9 g/mol. The van der Waals surface area contributed by atoms with Crippen molar-refractivity contribution in [2.45, 2.75) is 12.4 Å². The second-order valence-electron chi connectivity index (χ2n) is 1.18. The van der Waals surface area contributed by atoms with E-state index >= 15 is 0 Å². The van der Waals surface area contributed by atoms with Crippen LogP contribution in [0.25, 0.3) is 0 Å². The van der Waals surface area contributed by atoms with E-state index in [2.05, 4.69) is 12.6 Å². The summed E-state index contributed by atoms with van der Waals surface area (Å²) in [6.07, 6.45) is 0.531. The summed E-state index contributed by atoms with van der Waals surface area (Å²) in [4.78, 5) is 0. The highest BCUT2D eigenvalue weighted by atomic mass is 32.1. The van der Waals surface area contributed by atoms with Gasteiger partial charge >= 0.3 is 0 Å². The molecule has 0 aliphatic heterocycles. The summed E-state index contributed by atoms with van der Waals surface area (Å²) in [5.74, 6) is 0.677. The molecule has 1 unspecified atom stereocenters. The molecule has 0 aromatic heterocycles. The molecule has 0 aromatic carbocycles. The number of thiol groups is 1. The van der Waals surface area contributed by atoms with E-state index in [1.54, 1.807) is 0 Å². The van der Waals surface area contributed by atoms with Gasteiger partial charge in [0.2, 0.25) is 0 Å². The second kappa shape index (κ2) is 3.56. The highest BCUT2D eigenvalue weighted by molar-refractivity contribution is 7.80. The topological polar surface area (TPSA) is 26.0 Å². The Kier molecular flexibility index (Phi) is 3.78. The Balaban J connectivity index is 2.75. The van der Waals surface area contributed by atoms with E-state index in [4.69, 9.17) is 13.6 Å². The van der Waals surface area contributed by atoms with Crippen LogP contribution in [0, 0.1) is 0 Å². The van der Waals surface area contributed by atoms with Crippen molar-refractivity contribution in [3.63, 3.8) is 0 Å². The zero-order valence-electron chi connectivity index (χ0n) is 3.59. The fraction of sp³-hybridized carbons (Fsp3) is 1.00. The minimum atomic E-state index is 0.0772. The molecule has 3 heteroatoms. The first-order valence-electron chi connectivity index (χ1n) is 1.87. The minimum absolute atomic E-state index is 0.0772. The first kappa shape index (κ1) is 6.37. The van der Waals surface area contributed by atoms with Crippen LogP contribution in [-0.2, 0) is 0 Å². The predicted molar refractivity (Wildman–Crippen MR) is 32.4 cm³/mol. The summed E-state index contributed by atoms with van der Waals surface area (Å²) in [6.45, 7) is 0. The Hall–Kier alpha value is 0.375. The zero-order chi connectivity index (χ0) is 4.99. The van der Waals surface area contributed by atoms with E-state index in [9.17, 15) is 0 Å². The molecule has 0 saturated carbocycles. The molecule has 0 heterocycles. The Morgan fingerprint density at radius 2 is 2.33 bits per heavy atom. The molecule has 0 fully saturated rings. The monoisotopic (exact) mass is 101 g/mol. The summed E-state index contributed by atoms with van der Waals surface area (Å²) < 4.78 is 0. The van der Waals surface area contributed by atoms with Gasteiger partial charge in [-0.15, -0.1) is 0 Å². The second-order valence-corrected chi connectivity index (χ2v) is 1.54. The van der Waals surface area contributed by atoms with E-state index in [0.717, 1.165) is 0 Å². The van der Waals surface area contributed by atoms with E-state index in [1.165, 1.54) is 0 Å². The maximum atomic E-state index is 5.27. The van der Waals surface area contributed by atoms with Crippen LogP contribution in [0.4, 0.5) is 0 Å². The molecule has 2 N–H and O–H groups in total.